The normalized spacial score (nSPS) is 15.2. The standard InChI is InChI=1S/C6H14N2.C6H12N2.C5H9N3.C5H11N3.2C5H9N3/c2*1-6(2)8-5-3-4-7-8;1-5(2)8-3-6-7-4-8;2*1-5(2)8-4-3-6-7-8;1-5(2)8-6-3-4-7-8/h6-7H,3-5H2,1-2H3;3,5-7H,4H2,1-2H3;3-5H,1-2H3;5H,3-4H2,1-2H3;2*3-5H,1-2H3. The highest BCUT2D eigenvalue weighted by Gasteiger charge is 2.12. The molecule has 0 radical (unpaired) electrons. The number of aromatic nitrogens is 9. The van der Waals surface area contributed by atoms with Crippen LogP contribution in [0, 0.1) is 0 Å². The maximum absolute atomic E-state index is 3.92. The van der Waals surface area contributed by atoms with E-state index >= 15 is 0 Å². The molecular weight excluding hydrogens is 608 g/mol. The molecule has 0 unspecified atom stereocenters. The highest BCUT2D eigenvalue weighted by atomic mass is 15.6. The molecule has 3 aliphatic heterocycles. The molecular formula is C32H64N16. The van der Waals surface area contributed by atoms with Crippen LogP contribution in [0.25, 0.3) is 0 Å². The molecule has 2 N–H and O–H groups in total. The molecule has 0 atom stereocenters. The lowest BCUT2D eigenvalue weighted by Crippen LogP contribution is -2.36. The summed E-state index contributed by atoms with van der Waals surface area (Å²) >= 11 is 0. The van der Waals surface area contributed by atoms with Crippen LogP contribution in [0.1, 0.15) is 108 Å². The Morgan fingerprint density at radius 1 is 0.646 bits per heavy atom. The SMILES string of the molecule is CC(C)N1C=CCN1.CC(C)N1CCCN1.CC(C)N1CCN=N1.CC(C)n1ccnn1.CC(C)n1cnnc1.CC(C)n1nccn1. The molecule has 3 aliphatic rings. The molecule has 0 saturated carbocycles. The van der Waals surface area contributed by atoms with Gasteiger partial charge in [0.1, 0.15) is 12.7 Å². The van der Waals surface area contributed by atoms with Crippen LogP contribution in [0.2, 0.25) is 0 Å². The van der Waals surface area contributed by atoms with Crippen LogP contribution >= 0.6 is 0 Å². The van der Waals surface area contributed by atoms with Crippen LogP contribution in [-0.2, 0) is 0 Å². The van der Waals surface area contributed by atoms with Gasteiger partial charge in [-0.15, -0.1) is 15.3 Å². The van der Waals surface area contributed by atoms with Crippen molar-refractivity contribution in [2.45, 2.75) is 126 Å². The molecule has 1 fully saturated rings. The summed E-state index contributed by atoms with van der Waals surface area (Å²) in [5, 5.41) is 36.7. The Bertz CT molecular complexity index is 1050. The molecule has 3 aromatic rings. The van der Waals surface area contributed by atoms with Crippen LogP contribution in [0.15, 0.2) is 60.1 Å². The molecule has 3 aromatic heterocycles. The summed E-state index contributed by atoms with van der Waals surface area (Å²) in [6.07, 6.45) is 15.8. The minimum absolute atomic E-state index is 0.380. The van der Waals surface area contributed by atoms with Crippen molar-refractivity contribution in [2.24, 2.45) is 10.3 Å². The number of nitrogens with zero attached hydrogens (tertiary/aromatic N) is 14. The van der Waals surface area contributed by atoms with Crippen molar-refractivity contribution in [3.63, 3.8) is 0 Å². The molecule has 0 bridgehead atoms. The second-order valence-electron chi connectivity index (χ2n) is 12.9. The van der Waals surface area contributed by atoms with Gasteiger partial charge in [0.2, 0.25) is 0 Å². The minimum atomic E-state index is 0.380. The van der Waals surface area contributed by atoms with E-state index in [2.05, 4.69) is 143 Å². The summed E-state index contributed by atoms with van der Waals surface area (Å²) in [5.41, 5.74) is 6.47. The minimum Gasteiger partial charge on any atom is -0.318 e. The third-order valence-corrected chi connectivity index (χ3v) is 6.83. The lowest BCUT2D eigenvalue weighted by atomic mass is 10.4. The van der Waals surface area contributed by atoms with E-state index in [-0.39, 0.29) is 0 Å². The van der Waals surface area contributed by atoms with Gasteiger partial charge in [-0.1, -0.05) is 16.5 Å². The zero-order valence-electron chi connectivity index (χ0n) is 31.6. The van der Waals surface area contributed by atoms with Crippen LogP contribution in [0.3, 0.4) is 0 Å². The predicted molar refractivity (Wildman–Crippen MR) is 191 cm³/mol. The fourth-order valence-corrected chi connectivity index (χ4v) is 3.86. The lowest BCUT2D eigenvalue weighted by molar-refractivity contribution is 0.200. The third kappa shape index (κ3) is 18.5. The van der Waals surface area contributed by atoms with Crippen LogP contribution in [0.4, 0.5) is 0 Å². The van der Waals surface area contributed by atoms with Crippen molar-refractivity contribution < 1.29 is 0 Å². The molecule has 272 valence electrons. The van der Waals surface area contributed by atoms with Crippen molar-refractivity contribution in [1.82, 2.24) is 70.6 Å². The zero-order valence-corrected chi connectivity index (χ0v) is 31.6. The van der Waals surface area contributed by atoms with Crippen LogP contribution in [0.5, 0.6) is 0 Å². The summed E-state index contributed by atoms with van der Waals surface area (Å²) < 4.78 is 3.75. The third-order valence-electron chi connectivity index (χ3n) is 6.83. The van der Waals surface area contributed by atoms with Crippen molar-refractivity contribution in [1.29, 1.82) is 0 Å². The van der Waals surface area contributed by atoms with E-state index in [0.29, 0.717) is 36.3 Å². The highest BCUT2D eigenvalue weighted by Crippen LogP contribution is 2.04. The number of nitrogens with one attached hydrogen (secondary N) is 2. The van der Waals surface area contributed by atoms with E-state index in [9.17, 15) is 0 Å². The second-order valence-corrected chi connectivity index (χ2v) is 12.9. The molecule has 16 heteroatoms. The summed E-state index contributed by atoms with van der Waals surface area (Å²) in [4.78, 5) is 1.67. The first-order chi connectivity index (χ1) is 22.8. The van der Waals surface area contributed by atoms with Gasteiger partial charge < -0.3 is 9.58 Å². The van der Waals surface area contributed by atoms with E-state index in [1.54, 1.807) is 40.7 Å². The van der Waals surface area contributed by atoms with Crippen molar-refractivity contribution in [3.05, 3.63) is 49.7 Å². The maximum atomic E-state index is 3.92. The van der Waals surface area contributed by atoms with Gasteiger partial charge in [0.25, 0.3) is 0 Å². The Morgan fingerprint density at radius 3 is 1.56 bits per heavy atom. The van der Waals surface area contributed by atoms with Gasteiger partial charge in [0.15, 0.2) is 0 Å². The van der Waals surface area contributed by atoms with E-state index in [0.717, 1.165) is 26.2 Å². The predicted octanol–water partition coefficient (Wildman–Crippen LogP) is 4.99. The molecule has 0 aromatic carbocycles. The molecule has 0 amide bonds. The van der Waals surface area contributed by atoms with E-state index in [1.807, 2.05) is 29.6 Å². The van der Waals surface area contributed by atoms with E-state index < -0.39 is 0 Å². The van der Waals surface area contributed by atoms with Gasteiger partial charge in [0.05, 0.1) is 37.7 Å². The number of hydrazine groups is 2. The summed E-state index contributed by atoms with van der Waals surface area (Å²) in [6.45, 7) is 30.6. The number of hydrogen-bond donors (Lipinski definition) is 2. The smallest absolute Gasteiger partial charge is 0.119 e. The van der Waals surface area contributed by atoms with Gasteiger partial charge in [0, 0.05) is 62.2 Å². The molecule has 0 aliphatic carbocycles. The largest absolute Gasteiger partial charge is 0.318 e. The van der Waals surface area contributed by atoms with E-state index in [1.165, 1.54) is 13.0 Å². The average Bonchev–Trinajstić information content (AvgIpc) is 3.91. The summed E-state index contributed by atoms with van der Waals surface area (Å²) in [7, 11) is 0. The van der Waals surface area contributed by atoms with Crippen molar-refractivity contribution >= 4 is 0 Å². The fraction of sp³-hybridized carbons (Fsp3) is 0.750. The fourth-order valence-electron chi connectivity index (χ4n) is 3.86. The van der Waals surface area contributed by atoms with Gasteiger partial charge in [-0.2, -0.15) is 20.1 Å². The number of rotatable bonds is 6. The first kappa shape index (κ1) is 42.3. The molecule has 1 saturated heterocycles. The van der Waals surface area contributed by atoms with E-state index in [4.69, 9.17) is 0 Å². The quantitative estimate of drug-likeness (QED) is 0.365. The molecule has 48 heavy (non-hydrogen) atoms. The average molecular weight is 673 g/mol. The van der Waals surface area contributed by atoms with Crippen LogP contribution in [-0.4, -0.2) is 111 Å². The highest BCUT2D eigenvalue weighted by molar-refractivity contribution is 4.90. The topological polar surface area (TPSA) is 151 Å². The molecule has 16 nitrogen and oxygen atoms in total. The summed E-state index contributed by atoms with van der Waals surface area (Å²) in [6, 6.07) is 3.04. The molecule has 0 spiro atoms. The zero-order chi connectivity index (χ0) is 35.9. The van der Waals surface area contributed by atoms with Gasteiger partial charge in [-0.3, -0.25) is 15.1 Å². The first-order valence-corrected chi connectivity index (χ1v) is 17.2. The number of hydrogen-bond acceptors (Lipinski definition) is 13. The maximum Gasteiger partial charge on any atom is 0.119 e. The summed E-state index contributed by atoms with van der Waals surface area (Å²) in [5.74, 6) is 0. The Hall–Kier alpha value is -3.76. The molecule has 6 heterocycles. The van der Waals surface area contributed by atoms with Crippen LogP contribution < -0.4 is 10.9 Å². The monoisotopic (exact) mass is 673 g/mol. The second kappa shape index (κ2) is 24.4. The van der Waals surface area contributed by atoms with Gasteiger partial charge in [-0.05, 0) is 89.5 Å². The Labute approximate surface area is 289 Å². The van der Waals surface area contributed by atoms with Gasteiger partial charge >= 0.3 is 0 Å². The van der Waals surface area contributed by atoms with Gasteiger partial charge in [-0.25, -0.2) is 10.4 Å². The van der Waals surface area contributed by atoms with Crippen molar-refractivity contribution in [3.8, 4) is 0 Å². The van der Waals surface area contributed by atoms with Crippen molar-refractivity contribution in [2.75, 3.05) is 32.7 Å². The first-order valence-electron chi connectivity index (χ1n) is 17.2. The lowest BCUT2D eigenvalue weighted by Gasteiger charge is -2.19. The Kier molecular flexibility index (Phi) is 21.5. The molecule has 6 rings (SSSR count). The Balaban J connectivity index is 0.000000288. The Morgan fingerprint density at radius 2 is 1.31 bits per heavy atom.